The molecule has 1 amide bonds. The van der Waals surface area contributed by atoms with Crippen molar-refractivity contribution in [2.75, 3.05) is 12.4 Å². The lowest BCUT2D eigenvalue weighted by Crippen LogP contribution is -2.43. The van der Waals surface area contributed by atoms with Crippen LogP contribution in [0.5, 0.6) is 0 Å². The maximum Gasteiger partial charge on any atom is 0.411 e. The number of ether oxygens (including phenoxy) is 1. The highest BCUT2D eigenvalue weighted by atomic mass is 35.5. The number of rotatable bonds is 3. The molecule has 104 valence electrons. The Hall–Kier alpha value is -1.26. The monoisotopic (exact) mass is 282 g/mol. The van der Waals surface area contributed by atoms with Crippen LogP contribution in [0, 0.1) is 0 Å². The van der Waals surface area contributed by atoms with Gasteiger partial charge in [-0.05, 0) is 44.5 Å². The number of amides is 1. The van der Waals surface area contributed by atoms with E-state index in [-0.39, 0.29) is 12.1 Å². The van der Waals surface area contributed by atoms with E-state index >= 15 is 0 Å². The SMILES string of the molecule is CNC1CCCCC1OC(=O)Nc1cccc(Cl)c1. The number of carbonyl (C=O) groups excluding carboxylic acids is 1. The van der Waals surface area contributed by atoms with Crippen molar-refractivity contribution >= 4 is 23.4 Å². The summed E-state index contributed by atoms with van der Waals surface area (Å²) in [4.78, 5) is 11.8. The van der Waals surface area contributed by atoms with Crippen molar-refractivity contribution in [3.63, 3.8) is 0 Å². The first kappa shape index (κ1) is 14.2. The van der Waals surface area contributed by atoms with Crippen LogP contribution in [-0.2, 0) is 4.74 Å². The zero-order valence-electron chi connectivity index (χ0n) is 11.0. The summed E-state index contributed by atoms with van der Waals surface area (Å²) in [5.74, 6) is 0. The third-order valence-corrected chi connectivity index (χ3v) is 3.64. The first-order valence-electron chi connectivity index (χ1n) is 6.59. The molecule has 2 rings (SSSR count). The average molecular weight is 283 g/mol. The van der Waals surface area contributed by atoms with E-state index in [4.69, 9.17) is 16.3 Å². The minimum atomic E-state index is -0.422. The highest BCUT2D eigenvalue weighted by molar-refractivity contribution is 6.30. The normalized spacial score (nSPS) is 22.8. The summed E-state index contributed by atoms with van der Waals surface area (Å²) in [6, 6.07) is 7.27. The third-order valence-electron chi connectivity index (χ3n) is 3.40. The number of carbonyl (C=O) groups is 1. The zero-order valence-corrected chi connectivity index (χ0v) is 11.7. The summed E-state index contributed by atoms with van der Waals surface area (Å²) >= 11 is 5.86. The molecule has 0 bridgehead atoms. The van der Waals surface area contributed by atoms with E-state index in [1.54, 1.807) is 24.3 Å². The fourth-order valence-corrected chi connectivity index (χ4v) is 2.61. The first-order valence-corrected chi connectivity index (χ1v) is 6.97. The van der Waals surface area contributed by atoms with Gasteiger partial charge in [0.2, 0.25) is 0 Å². The zero-order chi connectivity index (χ0) is 13.7. The van der Waals surface area contributed by atoms with E-state index in [0.29, 0.717) is 10.7 Å². The molecule has 2 atom stereocenters. The van der Waals surface area contributed by atoms with Crippen LogP contribution < -0.4 is 10.6 Å². The Balaban J connectivity index is 1.90. The van der Waals surface area contributed by atoms with Gasteiger partial charge in [-0.25, -0.2) is 4.79 Å². The fraction of sp³-hybridized carbons (Fsp3) is 0.500. The minimum absolute atomic E-state index is 0.0575. The molecule has 1 aliphatic carbocycles. The summed E-state index contributed by atoms with van der Waals surface area (Å²) in [7, 11) is 1.90. The molecular formula is C14H19ClN2O2. The molecule has 19 heavy (non-hydrogen) atoms. The van der Waals surface area contributed by atoms with E-state index in [2.05, 4.69) is 10.6 Å². The molecule has 0 aromatic heterocycles. The summed E-state index contributed by atoms with van der Waals surface area (Å²) in [6.45, 7) is 0. The number of hydrogen-bond acceptors (Lipinski definition) is 3. The number of anilines is 1. The van der Waals surface area contributed by atoms with Crippen LogP contribution in [0.1, 0.15) is 25.7 Å². The van der Waals surface area contributed by atoms with Gasteiger partial charge in [-0.15, -0.1) is 0 Å². The fourth-order valence-electron chi connectivity index (χ4n) is 2.42. The Morgan fingerprint density at radius 1 is 1.37 bits per heavy atom. The van der Waals surface area contributed by atoms with Crippen LogP contribution >= 0.6 is 11.6 Å². The van der Waals surface area contributed by atoms with Crippen molar-refractivity contribution in [2.45, 2.75) is 37.8 Å². The summed E-state index contributed by atoms with van der Waals surface area (Å²) < 4.78 is 5.48. The second-order valence-electron chi connectivity index (χ2n) is 4.76. The van der Waals surface area contributed by atoms with Crippen molar-refractivity contribution in [1.29, 1.82) is 0 Å². The van der Waals surface area contributed by atoms with Gasteiger partial charge in [-0.1, -0.05) is 24.1 Å². The van der Waals surface area contributed by atoms with E-state index in [1.165, 1.54) is 6.42 Å². The van der Waals surface area contributed by atoms with Crippen molar-refractivity contribution < 1.29 is 9.53 Å². The van der Waals surface area contributed by atoms with Crippen LogP contribution in [-0.4, -0.2) is 25.3 Å². The predicted octanol–water partition coefficient (Wildman–Crippen LogP) is 3.42. The molecule has 0 radical (unpaired) electrons. The van der Waals surface area contributed by atoms with Crippen molar-refractivity contribution in [3.8, 4) is 0 Å². The van der Waals surface area contributed by atoms with E-state index in [0.717, 1.165) is 19.3 Å². The standard InChI is InChI=1S/C14H19ClN2O2/c1-16-12-7-2-3-8-13(12)19-14(18)17-11-6-4-5-10(15)9-11/h4-6,9,12-13,16H,2-3,7-8H2,1H3,(H,17,18). The van der Waals surface area contributed by atoms with Gasteiger partial charge in [0.05, 0.1) is 0 Å². The molecule has 1 aromatic carbocycles. The van der Waals surface area contributed by atoms with Crippen molar-refractivity contribution in [1.82, 2.24) is 5.32 Å². The molecule has 5 heteroatoms. The van der Waals surface area contributed by atoms with Crippen LogP contribution in [0.3, 0.4) is 0 Å². The Labute approximate surface area is 118 Å². The van der Waals surface area contributed by atoms with Gasteiger partial charge < -0.3 is 10.1 Å². The topological polar surface area (TPSA) is 50.4 Å². The number of likely N-dealkylation sites (N-methyl/N-ethyl adjacent to an activating group) is 1. The highest BCUT2D eigenvalue weighted by Gasteiger charge is 2.26. The molecule has 2 N–H and O–H groups in total. The van der Waals surface area contributed by atoms with Crippen LogP contribution in [0.25, 0.3) is 0 Å². The number of halogens is 1. The Morgan fingerprint density at radius 3 is 2.89 bits per heavy atom. The van der Waals surface area contributed by atoms with Gasteiger partial charge in [-0.3, -0.25) is 5.32 Å². The Kier molecular flexibility index (Phi) is 5.05. The first-order chi connectivity index (χ1) is 9.19. The Bertz CT molecular complexity index is 439. The maximum atomic E-state index is 11.8. The molecule has 1 saturated carbocycles. The second-order valence-corrected chi connectivity index (χ2v) is 5.20. The van der Waals surface area contributed by atoms with Crippen LogP contribution in [0.15, 0.2) is 24.3 Å². The quantitative estimate of drug-likeness (QED) is 0.893. The summed E-state index contributed by atoms with van der Waals surface area (Å²) in [6.07, 6.45) is 3.77. The molecule has 0 saturated heterocycles. The van der Waals surface area contributed by atoms with E-state index in [9.17, 15) is 4.79 Å². The highest BCUT2D eigenvalue weighted by Crippen LogP contribution is 2.22. The van der Waals surface area contributed by atoms with Gasteiger partial charge in [0.1, 0.15) is 6.10 Å². The van der Waals surface area contributed by atoms with Gasteiger partial charge in [0, 0.05) is 16.8 Å². The lowest BCUT2D eigenvalue weighted by atomic mass is 9.92. The third kappa shape index (κ3) is 4.11. The van der Waals surface area contributed by atoms with Crippen LogP contribution in [0.2, 0.25) is 5.02 Å². The van der Waals surface area contributed by atoms with E-state index in [1.807, 2.05) is 7.05 Å². The van der Waals surface area contributed by atoms with Gasteiger partial charge in [-0.2, -0.15) is 0 Å². The lowest BCUT2D eigenvalue weighted by molar-refractivity contribution is 0.0640. The van der Waals surface area contributed by atoms with Crippen LogP contribution in [0.4, 0.5) is 10.5 Å². The molecule has 0 aliphatic heterocycles. The van der Waals surface area contributed by atoms with Gasteiger partial charge >= 0.3 is 6.09 Å². The molecular weight excluding hydrogens is 264 g/mol. The Morgan fingerprint density at radius 2 is 2.16 bits per heavy atom. The number of hydrogen-bond donors (Lipinski definition) is 2. The molecule has 0 heterocycles. The molecule has 4 nitrogen and oxygen atoms in total. The molecule has 1 aliphatic rings. The van der Waals surface area contributed by atoms with Crippen molar-refractivity contribution in [3.05, 3.63) is 29.3 Å². The molecule has 2 unspecified atom stereocenters. The number of benzene rings is 1. The summed E-state index contributed by atoms with van der Waals surface area (Å²) in [5, 5.41) is 6.49. The summed E-state index contributed by atoms with van der Waals surface area (Å²) in [5.41, 5.74) is 0.648. The van der Waals surface area contributed by atoms with Gasteiger partial charge in [0.25, 0.3) is 0 Å². The van der Waals surface area contributed by atoms with Gasteiger partial charge in [0.15, 0.2) is 0 Å². The smallest absolute Gasteiger partial charge is 0.411 e. The minimum Gasteiger partial charge on any atom is -0.444 e. The lowest BCUT2D eigenvalue weighted by Gasteiger charge is -2.30. The van der Waals surface area contributed by atoms with Crippen molar-refractivity contribution in [2.24, 2.45) is 0 Å². The second kappa shape index (κ2) is 6.78. The molecule has 0 spiro atoms. The number of nitrogens with one attached hydrogen (secondary N) is 2. The largest absolute Gasteiger partial charge is 0.444 e. The predicted molar refractivity (Wildman–Crippen MR) is 76.7 cm³/mol. The van der Waals surface area contributed by atoms with E-state index < -0.39 is 6.09 Å². The molecule has 1 fully saturated rings. The average Bonchev–Trinajstić information content (AvgIpc) is 2.39. The maximum absolute atomic E-state index is 11.8. The molecule has 1 aromatic rings.